The van der Waals surface area contributed by atoms with E-state index in [0.717, 1.165) is 32.2 Å². The molecule has 0 aromatic heterocycles. The van der Waals surface area contributed by atoms with Crippen molar-refractivity contribution in [3.63, 3.8) is 0 Å². The van der Waals surface area contributed by atoms with Gasteiger partial charge in [-0.1, -0.05) is 0 Å². The summed E-state index contributed by atoms with van der Waals surface area (Å²) in [5, 5.41) is 3.44. The Bertz CT molecular complexity index is 157. The van der Waals surface area contributed by atoms with Crippen molar-refractivity contribution in [3.05, 3.63) is 0 Å². The molecule has 1 N–H and O–H groups in total. The summed E-state index contributed by atoms with van der Waals surface area (Å²) in [5.74, 6) is 0.763. The molecule has 0 aliphatic carbocycles. The highest BCUT2D eigenvalue weighted by Crippen LogP contribution is 2.19. The van der Waals surface area contributed by atoms with E-state index < -0.39 is 0 Å². The highest BCUT2D eigenvalue weighted by atomic mass is 35.5. The molecule has 78 valence electrons. The van der Waals surface area contributed by atoms with E-state index in [4.69, 9.17) is 4.74 Å². The molecule has 2 heterocycles. The van der Waals surface area contributed by atoms with Crippen molar-refractivity contribution in [1.82, 2.24) is 10.2 Å². The second kappa shape index (κ2) is 5.15. The first-order valence-electron chi connectivity index (χ1n) is 4.86. The van der Waals surface area contributed by atoms with Gasteiger partial charge in [0.05, 0.1) is 13.2 Å². The third-order valence-electron chi connectivity index (χ3n) is 3.08. The molecule has 0 saturated carbocycles. The Balaban J connectivity index is 0.000000845. The molecule has 2 rings (SSSR count). The number of ether oxygens (including phenoxy) is 1. The van der Waals surface area contributed by atoms with Gasteiger partial charge in [0.1, 0.15) is 0 Å². The van der Waals surface area contributed by atoms with Crippen LogP contribution in [0.25, 0.3) is 0 Å². The van der Waals surface area contributed by atoms with Crippen LogP contribution in [0.3, 0.4) is 0 Å². The first-order valence-corrected chi connectivity index (χ1v) is 4.86. The number of fused-ring (bicyclic) bond motifs is 1. The van der Waals surface area contributed by atoms with Crippen LogP contribution >= 0.6 is 12.4 Å². The number of rotatable bonds is 0. The fourth-order valence-corrected chi connectivity index (χ4v) is 2.22. The van der Waals surface area contributed by atoms with Gasteiger partial charge < -0.3 is 10.1 Å². The van der Waals surface area contributed by atoms with Gasteiger partial charge in [-0.05, 0) is 20.0 Å². The van der Waals surface area contributed by atoms with Gasteiger partial charge in [-0.15, -0.1) is 12.4 Å². The first kappa shape index (κ1) is 11.2. The zero-order valence-corrected chi connectivity index (χ0v) is 8.98. The molecule has 3 nitrogen and oxygen atoms in total. The molecular weight excluding hydrogens is 188 g/mol. The van der Waals surface area contributed by atoms with Gasteiger partial charge in [0.25, 0.3) is 0 Å². The van der Waals surface area contributed by atoms with Crippen LogP contribution < -0.4 is 5.32 Å². The summed E-state index contributed by atoms with van der Waals surface area (Å²) in [6.45, 7) is 5.27. The molecule has 2 fully saturated rings. The van der Waals surface area contributed by atoms with Gasteiger partial charge >= 0.3 is 0 Å². The van der Waals surface area contributed by atoms with Crippen LogP contribution in [-0.2, 0) is 4.74 Å². The quantitative estimate of drug-likeness (QED) is 0.619. The van der Waals surface area contributed by atoms with Gasteiger partial charge in [-0.3, -0.25) is 4.90 Å². The summed E-state index contributed by atoms with van der Waals surface area (Å²) < 4.78 is 5.56. The minimum absolute atomic E-state index is 0. The van der Waals surface area contributed by atoms with Crippen LogP contribution in [0.15, 0.2) is 0 Å². The standard InChI is InChI=1S/C9H18N2O.ClH/c1-11-4-5-12-7-8-2-3-10-6-9(8)11;/h8-10H,2-7H2,1H3;1H. The lowest BCUT2D eigenvalue weighted by Gasteiger charge is -2.35. The minimum Gasteiger partial charge on any atom is -0.380 e. The van der Waals surface area contributed by atoms with Gasteiger partial charge in [-0.25, -0.2) is 0 Å². The van der Waals surface area contributed by atoms with Crippen molar-refractivity contribution in [3.8, 4) is 0 Å². The summed E-state index contributed by atoms with van der Waals surface area (Å²) in [7, 11) is 2.21. The minimum atomic E-state index is 0. The molecule has 0 spiro atoms. The summed E-state index contributed by atoms with van der Waals surface area (Å²) in [6.07, 6.45) is 1.27. The molecule has 2 unspecified atom stereocenters. The number of hydrogen-bond acceptors (Lipinski definition) is 3. The zero-order chi connectivity index (χ0) is 8.39. The molecule has 4 heteroatoms. The van der Waals surface area contributed by atoms with Crippen molar-refractivity contribution in [2.24, 2.45) is 5.92 Å². The molecule has 0 aromatic carbocycles. The maximum atomic E-state index is 5.56. The molecule has 0 aromatic rings. The maximum Gasteiger partial charge on any atom is 0.0593 e. The molecule has 2 aliphatic heterocycles. The Hall–Kier alpha value is 0.170. The molecular formula is C9H19ClN2O. The number of piperidine rings is 1. The van der Waals surface area contributed by atoms with Gasteiger partial charge in [0.15, 0.2) is 0 Å². The van der Waals surface area contributed by atoms with E-state index in [9.17, 15) is 0 Å². The van der Waals surface area contributed by atoms with Crippen LogP contribution in [-0.4, -0.2) is 50.8 Å². The summed E-state index contributed by atoms with van der Waals surface area (Å²) in [5.41, 5.74) is 0. The topological polar surface area (TPSA) is 24.5 Å². The fourth-order valence-electron chi connectivity index (χ4n) is 2.22. The molecule has 0 radical (unpaired) electrons. The van der Waals surface area contributed by atoms with Crippen LogP contribution in [0, 0.1) is 5.92 Å². The van der Waals surface area contributed by atoms with Crippen LogP contribution in [0.5, 0.6) is 0 Å². The van der Waals surface area contributed by atoms with E-state index in [2.05, 4.69) is 17.3 Å². The first-order chi connectivity index (χ1) is 5.88. The normalized spacial score (nSPS) is 35.8. The third kappa shape index (κ3) is 2.56. The van der Waals surface area contributed by atoms with Crippen molar-refractivity contribution in [2.45, 2.75) is 12.5 Å². The average Bonchev–Trinajstić information content (AvgIpc) is 2.29. The van der Waals surface area contributed by atoms with E-state index in [-0.39, 0.29) is 12.4 Å². The van der Waals surface area contributed by atoms with Crippen LogP contribution in [0.4, 0.5) is 0 Å². The number of likely N-dealkylation sites (N-methyl/N-ethyl adjacent to an activating group) is 1. The van der Waals surface area contributed by atoms with E-state index in [1.165, 1.54) is 13.0 Å². The largest absolute Gasteiger partial charge is 0.380 e. The maximum absolute atomic E-state index is 5.56. The zero-order valence-electron chi connectivity index (χ0n) is 8.16. The monoisotopic (exact) mass is 206 g/mol. The van der Waals surface area contributed by atoms with Crippen molar-refractivity contribution in [2.75, 3.05) is 39.9 Å². The predicted octanol–water partition coefficient (Wildman–Crippen LogP) is 0.348. The number of nitrogens with one attached hydrogen (secondary N) is 1. The molecule has 2 aliphatic rings. The second-order valence-electron chi connectivity index (χ2n) is 3.88. The van der Waals surface area contributed by atoms with Crippen LogP contribution in [0.1, 0.15) is 6.42 Å². The number of hydrogen-bond donors (Lipinski definition) is 1. The molecule has 0 amide bonds. The van der Waals surface area contributed by atoms with Crippen LogP contribution in [0.2, 0.25) is 0 Å². The van der Waals surface area contributed by atoms with E-state index in [0.29, 0.717) is 6.04 Å². The third-order valence-corrected chi connectivity index (χ3v) is 3.08. The van der Waals surface area contributed by atoms with Gasteiger partial charge in [0, 0.05) is 25.0 Å². The lowest BCUT2D eigenvalue weighted by atomic mass is 9.93. The van der Waals surface area contributed by atoms with E-state index >= 15 is 0 Å². The Morgan fingerprint density at radius 1 is 1.46 bits per heavy atom. The highest BCUT2D eigenvalue weighted by Gasteiger charge is 2.29. The smallest absolute Gasteiger partial charge is 0.0593 e. The number of nitrogens with zero attached hydrogens (tertiary/aromatic N) is 1. The fraction of sp³-hybridized carbons (Fsp3) is 1.00. The van der Waals surface area contributed by atoms with Crippen molar-refractivity contribution in [1.29, 1.82) is 0 Å². The van der Waals surface area contributed by atoms with Crippen molar-refractivity contribution < 1.29 is 4.74 Å². The SMILES string of the molecule is CN1CCOCC2CCNCC21.Cl. The number of halogens is 1. The lowest BCUT2D eigenvalue weighted by Crippen LogP contribution is -2.49. The van der Waals surface area contributed by atoms with E-state index in [1.807, 2.05) is 0 Å². The molecule has 2 atom stereocenters. The molecule has 2 saturated heterocycles. The van der Waals surface area contributed by atoms with Crippen molar-refractivity contribution >= 4 is 12.4 Å². The van der Waals surface area contributed by atoms with Gasteiger partial charge in [0.2, 0.25) is 0 Å². The summed E-state index contributed by atoms with van der Waals surface area (Å²) in [6, 6.07) is 0.709. The molecule has 13 heavy (non-hydrogen) atoms. The Labute approximate surface area is 86.2 Å². The Morgan fingerprint density at radius 2 is 2.31 bits per heavy atom. The van der Waals surface area contributed by atoms with Gasteiger partial charge in [-0.2, -0.15) is 0 Å². The molecule has 0 bridgehead atoms. The summed E-state index contributed by atoms with van der Waals surface area (Å²) >= 11 is 0. The Kier molecular flexibility index (Phi) is 4.46. The predicted molar refractivity (Wildman–Crippen MR) is 55.5 cm³/mol. The highest BCUT2D eigenvalue weighted by molar-refractivity contribution is 5.85. The summed E-state index contributed by atoms with van der Waals surface area (Å²) in [4.78, 5) is 2.43. The average molecular weight is 207 g/mol. The Morgan fingerprint density at radius 3 is 3.15 bits per heavy atom. The lowest BCUT2D eigenvalue weighted by molar-refractivity contribution is 0.103. The van der Waals surface area contributed by atoms with E-state index in [1.54, 1.807) is 0 Å². The second-order valence-corrected chi connectivity index (χ2v) is 3.88.